The quantitative estimate of drug-likeness (QED) is 0.329. The number of aliphatic hydroxyl groups excluding tert-OH is 1. The van der Waals surface area contributed by atoms with Gasteiger partial charge in [-0.1, -0.05) is 6.92 Å². The molecule has 0 aromatic heterocycles. The third kappa shape index (κ3) is 2.52. The van der Waals surface area contributed by atoms with Crippen LogP contribution in [0.3, 0.4) is 0 Å². The van der Waals surface area contributed by atoms with Gasteiger partial charge in [-0.25, -0.2) is 5.01 Å². The summed E-state index contributed by atoms with van der Waals surface area (Å²) in [4.78, 5) is 9.64. The minimum Gasteiger partial charge on any atom is -0.375 e. The topological polar surface area (TPSA) is 52.9 Å². The molecule has 0 bridgehead atoms. The molecule has 8 heavy (non-hydrogen) atoms. The van der Waals surface area contributed by atoms with Crippen molar-refractivity contribution in [3.05, 3.63) is 4.91 Å². The van der Waals surface area contributed by atoms with E-state index in [1.807, 2.05) is 6.92 Å². The summed E-state index contributed by atoms with van der Waals surface area (Å²) < 4.78 is 0. The van der Waals surface area contributed by atoms with E-state index in [9.17, 15) is 4.91 Å². The van der Waals surface area contributed by atoms with E-state index in [2.05, 4.69) is 5.29 Å². The summed E-state index contributed by atoms with van der Waals surface area (Å²) in [5.74, 6) is 0. The predicted molar refractivity (Wildman–Crippen MR) is 29.9 cm³/mol. The maximum atomic E-state index is 9.64. The third-order valence-electron chi connectivity index (χ3n) is 0.760. The summed E-state index contributed by atoms with van der Waals surface area (Å²) in [6.07, 6.45) is 0.826. The van der Waals surface area contributed by atoms with Gasteiger partial charge in [0.2, 0.25) is 0 Å². The zero-order chi connectivity index (χ0) is 6.41. The SMILES string of the molecule is CCCN(CO)N=O. The Kier molecular flexibility index (Phi) is 4.16. The first kappa shape index (κ1) is 7.36. The Morgan fingerprint density at radius 2 is 2.38 bits per heavy atom. The van der Waals surface area contributed by atoms with Gasteiger partial charge in [-0.05, 0) is 6.42 Å². The van der Waals surface area contributed by atoms with Gasteiger partial charge >= 0.3 is 0 Å². The summed E-state index contributed by atoms with van der Waals surface area (Å²) >= 11 is 0. The first-order valence-corrected chi connectivity index (χ1v) is 2.54. The van der Waals surface area contributed by atoms with Gasteiger partial charge < -0.3 is 5.11 Å². The molecule has 0 aliphatic rings. The molecular weight excluding hydrogens is 108 g/mol. The molecule has 0 rings (SSSR count). The molecule has 0 radical (unpaired) electrons. The van der Waals surface area contributed by atoms with Crippen LogP contribution in [0.1, 0.15) is 13.3 Å². The van der Waals surface area contributed by atoms with Crippen molar-refractivity contribution in [3.8, 4) is 0 Å². The van der Waals surface area contributed by atoms with Crippen molar-refractivity contribution in [2.45, 2.75) is 13.3 Å². The summed E-state index contributed by atoms with van der Waals surface area (Å²) in [5, 5.41) is 11.9. The second-order valence-electron chi connectivity index (χ2n) is 1.45. The van der Waals surface area contributed by atoms with E-state index in [1.54, 1.807) is 0 Å². The minimum atomic E-state index is -0.280. The van der Waals surface area contributed by atoms with Crippen molar-refractivity contribution in [2.24, 2.45) is 5.29 Å². The monoisotopic (exact) mass is 118 g/mol. The molecule has 0 aliphatic heterocycles. The van der Waals surface area contributed by atoms with Crippen LogP contribution in [0, 0.1) is 4.91 Å². The molecule has 4 heteroatoms. The summed E-state index contributed by atoms with van der Waals surface area (Å²) in [6.45, 7) is 2.16. The predicted octanol–water partition coefficient (Wildman–Crippen LogP) is 0.330. The van der Waals surface area contributed by atoms with E-state index < -0.39 is 0 Å². The van der Waals surface area contributed by atoms with Crippen molar-refractivity contribution >= 4 is 0 Å². The Morgan fingerprint density at radius 1 is 1.75 bits per heavy atom. The minimum absolute atomic E-state index is 0.280. The summed E-state index contributed by atoms with van der Waals surface area (Å²) in [6, 6.07) is 0. The van der Waals surface area contributed by atoms with Gasteiger partial charge in [0.1, 0.15) is 6.73 Å². The normalized spacial score (nSPS) is 8.75. The Hall–Kier alpha value is -0.640. The average molecular weight is 118 g/mol. The van der Waals surface area contributed by atoms with E-state index >= 15 is 0 Å². The van der Waals surface area contributed by atoms with Crippen LogP contribution in [0.4, 0.5) is 0 Å². The molecule has 0 aromatic carbocycles. The number of hydrogen-bond donors (Lipinski definition) is 1. The molecule has 0 aromatic rings. The highest BCUT2D eigenvalue weighted by Gasteiger charge is 1.94. The lowest BCUT2D eigenvalue weighted by Crippen LogP contribution is -2.17. The fourth-order valence-corrected chi connectivity index (χ4v) is 0.395. The molecule has 0 saturated carbocycles. The van der Waals surface area contributed by atoms with Crippen molar-refractivity contribution in [2.75, 3.05) is 13.3 Å². The van der Waals surface area contributed by atoms with Crippen LogP contribution in [-0.4, -0.2) is 23.4 Å². The molecular formula is C4H10N2O2. The Balaban J connectivity index is 3.21. The van der Waals surface area contributed by atoms with Crippen LogP contribution in [0.5, 0.6) is 0 Å². The van der Waals surface area contributed by atoms with Crippen LogP contribution in [0.15, 0.2) is 5.29 Å². The lowest BCUT2D eigenvalue weighted by molar-refractivity contribution is 0.109. The molecule has 0 spiro atoms. The van der Waals surface area contributed by atoms with Gasteiger partial charge in [-0.2, -0.15) is 0 Å². The number of rotatable bonds is 4. The third-order valence-corrected chi connectivity index (χ3v) is 0.760. The molecule has 0 saturated heterocycles. The van der Waals surface area contributed by atoms with Gasteiger partial charge in [0.05, 0.1) is 5.29 Å². The van der Waals surface area contributed by atoms with Crippen LogP contribution < -0.4 is 0 Å². The molecule has 0 heterocycles. The van der Waals surface area contributed by atoms with Crippen LogP contribution in [0.2, 0.25) is 0 Å². The van der Waals surface area contributed by atoms with Crippen LogP contribution in [-0.2, 0) is 0 Å². The standard InChI is InChI=1S/C4H10N2O2/c1-2-3-6(4-7)5-8/h7H,2-4H2,1H3. The smallest absolute Gasteiger partial charge is 0.134 e. The van der Waals surface area contributed by atoms with Crippen LogP contribution >= 0.6 is 0 Å². The second-order valence-corrected chi connectivity index (χ2v) is 1.45. The molecule has 0 aliphatic carbocycles. The van der Waals surface area contributed by atoms with Gasteiger partial charge in [-0.3, -0.25) is 0 Å². The summed E-state index contributed by atoms with van der Waals surface area (Å²) in [7, 11) is 0. The Bertz CT molecular complexity index is 67.1. The number of aliphatic hydroxyl groups is 1. The molecule has 4 nitrogen and oxygen atoms in total. The maximum Gasteiger partial charge on any atom is 0.134 e. The molecule has 1 N–H and O–H groups in total. The average Bonchev–Trinajstić information content (AvgIpc) is 1.83. The summed E-state index contributed by atoms with van der Waals surface area (Å²) in [5.41, 5.74) is 0. The first-order valence-electron chi connectivity index (χ1n) is 2.54. The highest BCUT2D eigenvalue weighted by Crippen LogP contribution is 1.87. The van der Waals surface area contributed by atoms with Gasteiger partial charge in [0, 0.05) is 6.54 Å². The van der Waals surface area contributed by atoms with E-state index in [0.717, 1.165) is 11.4 Å². The van der Waals surface area contributed by atoms with Gasteiger partial charge in [-0.15, -0.1) is 4.91 Å². The Morgan fingerprint density at radius 3 is 2.50 bits per heavy atom. The fourth-order valence-electron chi connectivity index (χ4n) is 0.395. The van der Waals surface area contributed by atoms with Crippen molar-refractivity contribution < 1.29 is 5.11 Å². The lowest BCUT2D eigenvalue weighted by atomic mass is 10.5. The van der Waals surface area contributed by atoms with E-state index in [1.165, 1.54) is 0 Å². The second kappa shape index (κ2) is 4.52. The zero-order valence-corrected chi connectivity index (χ0v) is 4.87. The van der Waals surface area contributed by atoms with E-state index in [-0.39, 0.29) is 6.73 Å². The molecule has 48 valence electrons. The largest absolute Gasteiger partial charge is 0.375 e. The van der Waals surface area contributed by atoms with Crippen molar-refractivity contribution in [1.29, 1.82) is 0 Å². The number of nitrogens with zero attached hydrogens (tertiary/aromatic N) is 2. The first-order chi connectivity index (χ1) is 3.85. The zero-order valence-electron chi connectivity index (χ0n) is 4.87. The molecule has 0 unspecified atom stereocenters. The highest BCUT2D eigenvalue weighted by atomic mass is 16.3. The number of nitroso groups, excluding NO2 is 1. The molecule has 0 fully saturated rings. The highest BCUT2D eigenvalue weighted by molar-refractivity contribution is 4.39. The lowest BCUT2D eigenvalue weighted by Gasteiger charge is -2.07. The maximum absolute atomic E-state index is 9.64. The van der Waals surface area contributed by atoms with E-state index in [0.29, 0.717) is 6.54 Å². The van der Waals surface area contributed by atoms with E-state index in [4.69, 9.17) is 5.11 Å². The Labute approximate surface area is 48.1 Å². The van der Waals surface area contributed by atoms with Gasteiger partial charge in [0.25, 0.3) is 0 Å². The van der Waals surface area contributed by atoms with Crippen molar-refractivity contribution in [1.82, 2.24) is 5.01 Å². The van der Waals surface area contributed by atoms with Crippen molar-refractivity contribution in [3.63, 3.8) is 0 Å². The molecule has 0 atom stereocenters. The van der Waals surface area contributed by atoms with Gasteiger partial charge in [0.15, 0.2) is 0 Å². The number of hydrogen-bond acceptors (Lipinski definition) is 3. The van der Waals surface area contributed by atoms with Crippen LogP contribution in [0.25, 0.3) is 0 Å². The molecule has 0 amide bonds. The fraction of sp³-hybridized carbons (Fsp3) is 1.00.